The van der Waals surface area contributed by atoms with Crippen molar-refractivity contribution >= 4 is 0 Å². The quantitative estimate of drug-likeness (QED) is 0.585. The van der Waals surface area contributed by atoms with E-state index in [-0.39, 0.29) is 0 Å². The molecule has 0 aromatic rings. The third kappa shape index (κ3) is 5.77. The van der Waals surface area contributed by atoms with E-state index in [0.717, 1.165) is 28.7 Å². The molecule has 3 nitrogen and oxygen atoms in total. The van der Waals surface area contributed by atoms with Gasteiger partial charge in [-0.25, -0.2) is 0 Å². The van der Waals surface area contributed by atoms with E-state index < -0.39 is 0 Å². The van der Waals surface area contributed by atoms with Crippen LogP contribution in [0.1, 0.15) is 85.5 Å². The molecule has 2 aliphatic heterocycles. The summed E-state index contributed by atoms with van der Waals surface area (Å²) in [6.45, 7) is 20.2. The Morgan fingerprint density at radius 2 is 1.34 bits per heavy atom. The molecule has 0 amide bonds. The molecule has 0 bridgehead atoms. The molecule has 29 heavy (non-hydrogen) atoms. The largest absolute Gasteiger partial charge is 0.303 e. The van der Waals surface area contributed by atoms with E-state index in [1.54, 1.807) is 0 Å². The Balaban J connectivity index is 1.16. The first-order valence-corrected chi connectivity index (χ1v) is 13.1. The average Bonchev–Trinajstić information content (AvgIpc) is 3.44. The summed E-state index contributed by atoms with van der Waals surface area (Å²) in [5.74, 6) is 1.85. The van der Waals surface area contributed by atoms with Crippen LogP contribution < -0.4 is 0 Å². The predicted molar refractivity (Wildman–Crippen MR) is 124 cm³/mol. The molecule has 4 aliphatic rings. The second kappa shape index (κ2) is 9.17. The smallest absolute Gasteiger partial charge is 0.0113 e. The van der Waals surface area contributed by atoms with Crippen LogP contribution in [0.25, 0.3) is 0 Å². The van der Waals surface area contributed by atoms with Crippen molar-refractivity contribution in [3.05, 3.63) is 0 Å². The first kappa shape index (κ1) is 22.1. The van der Waals surface area contributed by atoms with Gasteiger partial charge in [0.05, 0.1) is 0 Å². The van der Waals surface area contributed by atoms with Gasteiger partial charge in [0.2, 0.25) is 0 Å². The molecule has 3 heteroatoms. The topological polar surface area (TPSA) is 9.72 Å². The van der Waals surface area contributed by atoms with Gasteiger partial charge in [-0.2, -0.15) is 0 Å². The zero-order chi connectivity index (χ0) is 20.5. The second-order valence-corrected chi connectivity index (χ2v) is 12.2. The third-order valence-corrected chi connectivity index (χ3v) is 9.09. The van der Waals surface area contributed by atoms with Crippen LogP contribution in [-0.2, 0) is 0 Å². The van der Waals surface area contributed by atoms with Crippen molar-refractivity contribution in [2.45, 2.75) is 91.5 Å². The number of piperidine rings is 1. The van der Waals surface area contributed by atoms with Crippen LogP contribution in [0, 0.1) is 22.7 Å². The molecule has 2 heterocycles. The van der Waals surface area contributed by atoms with Crippen molar-refractivity contribution in [3.8, 4) is 0 Å². The summed E-state index contributed by atoms with van der Waals surface area (Å²) in [6, 6.07) is 0.720. The Labute approximate surface area is 181 Å². The van der Waals surface area contributed by atoms with Crippen LogP contribution in [-0.4, -0.2) is 73.1 Å². The fourth-order valence-electron chi connectivity index (χ4n) is 6.93. The molecule has 168 valence electrons. The van der Waals surface area contributed by atoms with Gasteiger partial charge in [-0.1, -0.05) is 13.8 Å². The lowest BCUT2D eigenvalue weighted by Crippen LogP contribution is -2.50. The normalized spacial score (nSPS) is 29.2. The summed E-state index contributed by atoms with van der Waals surface area (Å²) in [6.07, 6.45) is 13.5. The Morgan fingerprint density at radius 3 is 1.86 bits per heavy atom. The van der Waals surface area contributed by atoms with Crippen molar-refractivity contribution in [1.29, 1.82) is 0 Å². The highest BCUT2D eigenvalue weighted by Crippen LogP contribution is 2.52. The van der Waals surface area contributed by atoms with E-state index in [2.05, 4.69) is 42.4 Å². The molecule has 4 rings (SSSR count). The number of nitrogens with zero attached hydrogens (tertiary/aromatic N) is 3. The van der Waals surface area contributed by atoms with Crippen LogP contribution in [0.2, 0.25) is 0 Å². The Morgan fingerprint density at radius 1 is 0.724 bits per heavy atom. The molecule has 2 saturated heterocycles. The molecule has 0 unspecified atom stereocenters. The minimum absolute atomic E-state index is 0.718. The van der Waals surface area contributed by atoms with E-state index in [4.69, 9.17) is 0 Å². The number of hydrogen-bond donors (Lipinski definition) is 0. The highest BCUT2D eigenvalue weighted by atomic mass is 15.3. The molecular weight excluding hydrogens is 354 g/mol. The van der Waals surface area contributed by atoms with E-state index in [0.29, 0.717) is 0 Å². The second-order valence-electron chi connectivity index (χ2n) is 12.2. The van der Waals surface area contributed by atoms with Gasteiger partial charge in [0.15, 0.2) is 0 Å². The summed E-state index contributed by atoms with van der Waals surface area (Å²) >= 11 is 0. The molecular formula is C26H49N3. The van der Waals surface area contributed by atoms with Crippen LogP contribution in [0.3, 0.4) is 0 Å². The number of likely N-dealkylation sites (tertiary alicyclic amines) is 1. The van der Waals surface area contributed by atoms with Crippen molar-refractivity contribution in [3.63, 3.8) is 0 Å². The fraction of sp³-hybridized carbons (Fsp3) is 1.00. The van der Waals surface area contributed by atoms with Crippen molar-refractivity contribution in [2.75, 3.05) is 52.4 Å². The highest BCUT2D eigenvalue weighted by molar-refractivity contribution is 4.98. The zero-order valence-electron chi connectivity index (χ0n) is 20.1. The Hall–Kier alpha value is -0.120. The molecule has 4 fully saturated rings. The predicted octanol–water partition coefficient (Wildman–Crippen LogP) is 5.11. The summed E-state index contributed by atoms with van der Waals surface area (Å²) in [5, 5.41) is 0. The van der Waals surface area contributed by atoms with Crippen LogP contribution in [0.4, 0.5) is 0 Å². The molecule has 0 radical (unpaired) electrons. The van der Waals surface area contributed by atoms with Crippen LogP contribution >= 0.6 is 0 Å². The number of piperazine rings is 1. The van der Waals surface area contributed by atoms with Gasteiger partial charge < -0.3 is 9.80 Å². The molecule has 2 aliphatic carbocycles. The van der Waals surface area contributed by atoms with Crippen LogP contribution in [0.15, 0.2) is 0 Å². The van der Waals surface area contributed by atoms with Crippen molar-refractivity contribution in [2.24, 2.45) is 22.7 Å². The van der Waals surface area contributed by atoms with Crippen molar-refractivity contribution < 1.29 is 0 Å². The molecule has 0 atom stereocenters. The lowest BCUT2D eigenvalue weighted by molar-refractivity contribution is 0.0291. The lowest BCUT2D eigenvalue weighted by atomic mass is 9.65. The maximum atomic E-state index is 2.85. The van der Waals surface area contributed by atoms with Gasteiger partial charge in [0.25, 0.3) is 0 Å². The standard InChI is InChI=1S/C26H49N3/c1-22(2)19-26(9-10-26)21-28-13-11-25(12-14-28)7-5-24(6-8-25)20-27-15-17-29(18-16-27)23(3)4/h22-24H,5-21H2,1-4H3. The van der Waals surface area contributed by atoms with Gasteiger partial charge in [-0.15, -0.1) is 0 Å². The maximum Gasteiger partial charge on any atom is 0.0113 e. The molecule has 1 spiro atoms. The summed E-state index contributed by atoms with van der Waals surface area (Å²) in [7, 11) is 0. The fourth-order valence-corrected chi connectivity index (χ4v) is 6.93. The maximum absolute atomic E-state index is 2.85. The first-order valence-electron chi connectivity index (χ1n) is 13.1. The van der Waals surface area contributed by atoms with Gasteiger partial charge >= 0.3 is 0 Å². The van der Waals surface area contributed by atoms with Gasteiger partial charge in [-0.3, -0.25) is 4.90 Å². The number of rotatable bonds is 7. The Kier molecular flexibility index (Phi) is 6.98. The minimum atomic E-state index is 0.718. The zero-order valence-corrected chi connectivity index (χ0v) is 20.1. The van der Waals surface area contributed by atoms with E-state index in [9.17, 15) is 0 Å². The average molecular weight is 404 g/mol. The lowest BCUT2D eigenvalue weighted by Gasteiger charge is -2.47. The van der Waals surface area contributed by atoms with Gasteiger partial charge in [0, 0.05) is 45.3 Å². The van der Waals surface area contributed by atoms with Gasteiger partial charge in [0.1, 0.15) is 0 Å². The molecule has 0 N–H and O–H groups in total. The van der Waals surface area contributed by atoms with E-state index in [1.165, 1.54) is 110 Å². The molecule has 2 saturated carbocycles. The Bertz CT molecular complexity index is 498. The summed E-state index contributed by atoms with van der Waals surface area (Å²) in [4.78, 5) is 8.27. The minimum Gasteiger partial charge on any atom is -0.303 e. The number of hydrogen-bond acceptors (Lipinski definition) is 3. The van der Waals surface area contributed by atoms with Crippen LogP contribution in [0.5, 0.6) is 0 Å². The molecule has 0 aromatic carbocycles. The van der Waals surface area contributed by atoms with E-state index >= 15 is 0 Å². The monoisotopic (exact) mass is 403 g/mol. The highest BCUT2D eigenvalue weighted by Gasteiger charge is 2.45. The first-order chi connectivity index (χ1) is 13.9. The van der Waals surface area contributed by atoms with Crippen molar-refractivity contribution in [1.82, 2.24) is 14.7 Å². The molecule has 0 aromatic heterocycles. The summed E-state index contributed by atoms with van der Waals surface area (Å²) < 4.78 is 0. The SMILES string of the molecule is CC(C)CC1(CN2CCC3(CCC(CN4CCN(C(C)C)CC4)CC3)CC2)CC1. The summed E-state index contributed by atoms with van der Waals surface area (Å²) in [5.41, 5.74) is 1.44. The third-order valence-electron chi connectivity index (χ3n) is 9.09. The van der Waals surface area contributed by atoms with Gasteiger partial charge in [-0.05, 0) is 107 Å². The van der Waals surface area contributed by atoms with E-state index in [1.807, 2.05) is 0 Å².